The predicted octanol–water partition coefficient (Wildman–Crippen LogP) is 3.81. The second kappa shape index (κ2) is 6.05. The third-order valence-electron chi connectivity index (χ3n) is 4.19. The Balaban J connectivity index is 2.20. The number of nitrogens with one attached hydrogen (secondary N) is 1. The van der Waals surface area contributed by atoms with E-state index in [4.69, 9.17) is 0 Å². The highest BCUT2D eigenvalue weighted by molar-refractivity contribution is 9.10. The molecular formula is C13H19BrF3N3. The molecular weight excluding hydrogens is 335 g/mol. The summed E-state index contributed by atoms with van der Waals surface area (Å²) in [5, 5.41) is 7.32. The van der Waals surface area contributed by atoms with E-state index in [-0.39, 0.29) is 24.8 Å². The van der Waals surface area contributed by atoms with Crippen LogP contribution in [0, 0.1) is 11.8 Å². The number of alkyl halides is 3. The van der Waals surface area contributed by atoms with Gasteiger partial charge in [-0.15, -0.1) is 0 Å². The van der Waals surface area contributed by atoms with Gasteiger partial charge in [0.1, 0.15) is 0 Å². The number of rotatable bonds is 3. The molecule has 7 heteroatoms. The lowest BCUT2D eigenvalue weighted by Gasteiger charge is -2.35. The second-order valence-electron chi connectivity index (χ2n) is 5.43. The van der Waals surface area contributed by atoms with Gasteiger partial charge in [0.15, 0.2) is 0 Å². The number of hydrogen-bond donors (Lipinski definition) is 1. The Labute approximate surface area is 125 Å². The summed E-state index contributed by atoms with van der Waals surface area (Å²) in [6.07, 6.45) is -0.516. The number of aromatic nitrogens is 2. The lowest BCUT2D eigenvalue weighted by atomic mass is 9.76. The average molecular weight is 354 g/mol. The molecule has 1 aliphatic rings. The van der Waals surface area contributed by atoms with E-state index in [1.54, 1.807) is 17.9 Å². The van der Waals surface area contributed by atoms with Crippen LogP contribution in [0.15, 0.2) is 10.7 Å². The first kappa shape index (κ1) is 15.8. The van der Waals surface area contributed by atoms with Gasteiger partial charge in [-0.3, -0.25) is 4.68 Å². The first-order chi connectivity index (χ1) is 9.34. The molecule has 0 spiro atoms. The summed E-state index contributed by atoms with van der Waals surface area (Å²) in [6, 6.07) is -0.109. The van der Waals surface area contributed by atoms with Crippen LogP contribution in [0.25, 0.3) is 0 Å². The summed E-state index contributed by atoms with van der Waals surface area (Å²) in [5.74, 6) is -1.20. The Morgan fingerprint density at radius 1 is 1.45 bits per heavy atom. The summed E-state index contributed by atoms with van der Waals surface area (Å²) in [7, 11) is 3.61. The van der Waals surface area contributed by atoms with Crippen LogP contribution in [0.3, 0.4) is 0 Å². The van der Waals surface area contributed by atoms with Gasteiger partial charge in [0.05, 0.1) is 28.3 Å². The highest BCUT2D eigenvalue weighted by Crippen LogP contribution is 2.44. The summed E-state index contributed by atoms with van der Waals surface area (Å²) < 4.78 is 41.4. The molecule has 1 N–H and O–H groups in total. The van der Waals surface area contributed by atoms with Gasteiger partial charge in [-0.1, -0.05) is 6.42 Å². The van der Waals surface area contributed by atoms with Gasteiger partial charge in [0.25, 0.3) is 0 Å². The molecule has 0 saturated heterocycles. The monoisotopic (exact) mass is 353 g/mol. The van der Waals surface area contributed by atoms with Gasteiger partial charge in [-0.2, -0.15) is 18.3 Å². The summed E-state index contributed by atoms with van der Waals surface area (Å²) >= 11 is 3.43. The topological polar surface area (TPSA) is 29.9 Å². The Bertz CT molecular complexity index is 439. The SMILES string of the molecule is CNC(c1c(Br)cnn1C)C1CCCC(C(F)(F)F)C1. The maximum Gasteiger partial charge on any atom is 0.391 e. The van der Waals surface area contributed by atoms with Gasteiger partial charge in [0, 0.05) is 7.05 Å². The standard InChI is InChI=1S/C13H19BrF3N3/c1-18-11(12-10(14)7-19-20(12)2)8-4-3-5-9(6-8)13(15,16)17/h7-9,11,18H,3-6H2,1-2H3. The van der Waals surface area contributed by atoms with Crippen LogP contribution in [-0.4, -0.2) is 23.0 Å². The third kappa shape index (κ3) is 3.19. The fourth-order valence-corrected chi connectivity index (χ4v) is 3.79. The molecule has 114 valence electrons. The molecule has 3 nitrogen and oxygen atoms in total. The minimum absolute atomic E-state index is 0.0212. The fourth-order valence-electron chi connectivity index (χ4n) is 3.19. The van der Waals surface area contributed by atoms with Gasteiger partial charge >= 0.3 is 6.18 Å². The van der Waals surface area contributed by atoms with Crippen LogP contribution in [-0.2, 0) is 7.05 Å². The van der Waals surface area contributed by atoms with Crippen molar-refractivity contribution < 1.29 is 13.2 Å². The van der Waals surface area contributed by atoms with E-state index in [0.717, 1.165) is 16.6 Å². The smallest absolute Gasteiger partial charge is 0.311 e. The van der Waals surface area contributed by atoms with Gasteiger partial charge in [0.2, 0.25) is 0 Å². The minimum atomic E-state index is -4.08. The minimum Gasteiger partial charge on any atom is -0.311 e. The molecule has 1 aromatic rings. The summed E-state index contributed by atoms with van der Waals surface area (Å²) in [4.78, 5) is 0. The highest BCUT2D eigenvalue weighted by atomic mass is 79.9. The maximum absolute atomic E-state index is 12.9. The van der Waals surface area contributed by atoms with Crippen LogP contribution in [0.1, 0.15) is 37.4 Å². The van der Waals surface area contributed by atoms with Crippen molar-refractivity contribution in [3.05, 3.63) is 16.4 Å². The van der Waals surface area contributed by atoms with E-state index in [9.17, 15) is 13.2 Å². The van der Waals surface area contributed by atoms with E-state index in [1.807, 2.05) is 7.05 Å². The highest BCUT2D eigenvalue weighted by Gasteiger charge is 2.44. The van der Waals surface area contributed by atoms with Crippen molar-refractivity contribution in [1.29, 1.82) is 0 Å². The van der Waals surface area contributed by atoms with Crippen LogP contribution in [0.4, 0.5) is 13.2 Å². The van der Waals surface area contributed by atoms with E-state index in [1.165, 1.54) is 0 Å². The van der Waals surface area contributed by atoms with Gasteiger partial charge in [-0.25, -0.2) is 0 Å². The van der Waals surface area contributed by atoms with Crippen molar-refractivity contribution in [1.82, 2.24) is 15.1 Å². The molecule has 3 atom stereocenters. The quantitative estimate of drug-likeness (QED) is 0.895. The molecule has 20 heavy (non-hydrogen) atoms. The molecule has 1 fully saturated rings. The van der Waals surface area contributed by atoms with E-state index >= 15 is 0 Å². The van der Waals surface area contributed by atoms with E-state index < -0.39 is 12.1 Å². The van der Waals surface area contributed by atoms with Crippen LogP contribution in [0.2, 0.25) is 0 Å². The van der Waals surface area contributed by atoms with Crippen molar-refractivity contribution in [3.63, 3.8) is 0 Å². The normalized spacial score (nSPS) is 25.7. The largest absolute Gasteiger partial charge is 0.391 e. The zero-order valence-electron chi connectivity index (χ0n) is 11.5. The number of aryl methyl sites for hydroxylation is 1. The molecule has 0 amide bonds. The lowest BCUT2D eigenvalue weighted by molar-refractivity contribution is -0.186. The lowest BCUT2D eigenvalue weighted by Crippen LogP contribution is -2.35. The number of hydrogen-bond acceptors (Lipinski definition) is 2. The van der Waals surface area contributed by atoms with E-state index in [0.29, 0.717) is 6.42 Å². The van der Waals surface area contributed by atoms with Gasteiger partial charge in [-0.05, 0) is 48.2 Å². The number of halogens is 4. The van der Waals surface area contributed by atoms with Crippen molar-refractivity contribution in [2.24, 2.45) is 18.9 Å². The average Bonchev–Trinajstić information content (AvgIpc) is 2.71. The molecule has 0 radical (unpaired) electrons. The van der Waals surface area contributed by atoms with Crippen molar-refractivity contribution in [2.75, 3.05) is 7.05 Å². The molecule has 0 bridgehead atoms. The van der Waals surface area contributed by atoms with Crippen LogP contribution < -0.4 is 5.32 Å². The Morgan fingerprint density at radius 3 is 2.65 bits per heavy atom. The van der Waals surface area contributed by atoms with Crippen molar-refractivity contribution in [3.8, 4) is 0 Å². The summed E-state index contributed by atoms with van der Waals surface area (Å²) in [6.45, 7) is 0. The number of nitrogens with zero attached hydrogens (tertiary/aromatic N) is 2. The maximum atomic E-state index is 12.9. The first-order valence-corrected chi connectivity index (χ1v) is 7.55. The Kier molecular flexibility index (Phi) is 4.79. The van der Waals surface area contributed by atoms with Crippen LogP contribution in [0.5, 0.6) is 0 Å². The van der Waals surface area contributed by atoms with Crippen molar-refractivity contribution >= 4 is 15.9 Å². The second-order valence-corrected chi connectivity index (χ2v) is 6.29. The zero-order valence-corrected chi connectivity index (χ0v) is 13.1. The zero-order chi connectivity index (χ0) is 14.9. The Hall–Kier alpha value is -0.560. The predicted molar refractivity (Wildman–Crippen MR) is 74.2 cm³/mol. The van der Waals surface area contributed by atoms with Gasteiger partial charge < -0.3 is 5.32 Å². The molecule has 3 unspecified atom stereocenters. The fraction of sp³-hybridized carbons (Fsp3) is 0.769. The molecule has 1 saturated carbocycles. The Morgan fingerprint density at radius 2 is 2.15 bits per heavy atom. The first-order valence-electron chi connectivity index (χ1n) is 6.76. The van der Waals surface area contributed by atoms with Crippen LogP contribution >= 0.6 is 15.9 Å². The molecule has 1 heterocycles. The molecule has 2 rings (SSSR count). The third-order valence-corrected chi connectivity index (χ3v) is 4.80. The van der Waals surface area contributed by atoms with E-state index in [2.05, 4.69) is 26.3 Å². The molecule has 0 aliphatic heterocycles. The molecule has 1 aromatic heterocycles. The summed E-state index contributed by atoms with van der Waals surface area (Å²) in [5.41, 5.74) is 0.917. The molecule has 0 aromatic carbocycles. The molecule has 1 aliphatic carbocycles. The van der Waals surface area contributed by atoms with Crippen molar-refractivity contribution in [2.45, 2.75) is 37.9 Å².